The highest BCUT2D eigenvalue weighted by molar-refractivity contribution is 5.90. The zero-order valence-electron chi connectivity index (χ0n) is 16.0. The van der Waals surface area contributed by atoms with Gasteiger partial charge in [0.15, 0.2) is 0 Å². The fraction of sp³-hybridized carbons (Fsp3) is 0.474. The van der Waals surface area contributed by atoms with E-state index in [0.29, 0.717) is 5.56 Å². The third-order valence-corrected chi connectivity index (χ3v) is 3.95. The number of carbonyl (C=O) groups excluding carboxylic acids is 3. The standard InChI is InChI=1S/C19H25FN2O6/c1-4-28-16(24)8-11(2)17(19(26)27)22-18(25)15(21-12(3)23)10-13-6-5-7-14(20)9-13/h5-7,9,11,15,17H,4,8,10H2,1-3H3,(H,21,23)(H,22,25)(H,26,27)/t11-,15-,17-/m0/s1. The first-order chi connectivity index (χ1) is 13.1. The van der Waals surface area contributed by atoms with E-state index >= 15 is 0 Å². The lowest BCUT2D eigenvalue weighted by atomic mass is 9.97. The third kappa shape index (κ3) is 7.73. The van der Waals surface area contributed by atoms with Crippen LogP contribution in [0.3, 0.4) is 0 Å². The minimum atomic E-state index is -1.36. The Kier molecular flexibility index (Phi) is 9.07. The van der Waals surface area contributed by atoms with E-state index in [4.69, 9.17) is 4.74 Å². The number of carboxylic acid groups (broad SMARTS) is 1. The molecule has 0 bridgehead atoms. The molecular formula is C19H25FN2O6. The maximum atomic E-state index is 13.4. The minimum Gasteiger partial charge on any atom is -0.480 e. The van der Waals surface area contributed by atoms with Gasteiger partial charge in [0.2, 0.25) is 11.8 Å². The number of aliphatic carboxylic acids is 1. The minimum absolute atomic E-state index is 0.0260. The van der Waals surface area contributed by atoms with E-state index < -0.39 is 47.6 Å². The summed E-state index contributed by atoms with van der Waals surface area (Å²) in [6.45, 7) is 4.50. The van der Waals surface area contributed by atoms with Crippen molar-refractivity contribution in [1.29, 1.82) is 0 Å². The van der Waals surface area contributed by atoms with Crippen LogP contribution in [-0.4, -0.2) is 47.6 Å². The summed E-state index contributed by atoms with van der Waals surface area (Å²) >= 11 is 0. The highest BCUT2D eigenvalue weighted by atomic mass is 19.1. The lowest BCUT2D eigenvalue weighted by Crippen LogP contribution is -2.54. The summed E-state index contributed by atoms with van der Waals surface area (Å²) in [4.78, 5) is 47.2. The molecule has 3 N–H and O–H groups in total. The molecule has 0 saturated heterocycles. The topological polar surface area (TPSA) is 122 Å². The summed E-state index contributed by atoms with van der Waals surface area (Å²) in [5, 5.41) is 14.2. The molecule has 3 atom stereocenters. The molecule has 0 aliphatic rings. The van der Waals surface area contributed by atoms with E-state index in [-0.39, 0.29) is 19.4 Å². The highest BCUT2D eigenvalue weighted by Gasteiger charge is 2.31. The van der Waals surface area contributed by atoms with Gasteiger partial charge in [-0.2, -0.15) is 0 Å². The quantitative estimate of drug-likeness (QED) is 0.508. The molecule has 0 aliphatic carbocycles. The Labute approximate surface area is 162 Å². The number of carboxylic acids is 1. The predicted octanol–water partition coefficient (Wildman–Crippen LogP) is 1.03. The first-order valence-corrected chi connectivity index (χ1v) is 8.84. The Bertz CT molecular complexity index is 724. The van der Waals surface area contributed by atoms with Crippen molar-refractivity contribution >= 4 is 23.8 Å². The van der Waals surface area contributed by atoms with Crippen molar-refractivity contribution in [1.82, 2.24) is 10.6 Å². The van der Waals surface area contributed by atoms with Crippen molar-refractivity contribution in [3.63, 3.8) is 0 Å². The van der Waals surface area contributed by atoms with Gasteiger partial charge in [0.1, 0.15) is 17.9 Å². The van der Waals surface area contributed by atoms with Crippen LogP contribution in [0.2, 0.25) is 0 Å². The van der Waals surface area contributed by atoms with Gasteiger partial charge >= 0.3 is 11.9 Å². The first-order valence-electron chi connectivity index (χ1n) is 8.84. The highest BCUT2D eigenvalue weighted by Crippen LogP contribution is 2.12. The predicted molar refractivity (Wildman–Crippen MR) is 97.7 cm³/mol. The Morgan fingerprint density at radius 2 is 1.89 bits per heavy atom. The third-order valence-electron chi connectivity index (χ3n) is 3.95. The van der Waals surface area contributed by atoms with Gasteiger partial charge in [0, 0.05) is 13.3 Å². The lowest BCUT2D eigenvalue weighted by Gasteiger charge is -2.24. The van der Waals surface area contributed by atoms with Gasteiger partial charge < -0.3 is 20.5 Å². The molecule has 2 amide bonds. The van der Waals surface area contributed by atoms with Crippen LogP contribution in [0, 0.1) is 11.7 Å². The SMILES string of the molecule is CCOC(=O)C[C@H](C)[C@H](NC(=O)[C@H](Cc1cccc(F)c1)NC(C)=O)C(=O)O. The second-order valence-corrected chi connectivity index (χ2v) is 6.40. The maximum absolute atomic E-state index is 13.4. The van der Waals surface area contributed by atoms with Gasteiger partial charge in [-0.3, -0.25) is 14.4 Å². The molecule has 0 radical (unpaired) electrons. The van der Waals surface area contributed by atoms with E-state index in [1.165, 1.54) is 32.0 Å². The molecule has 8 nitrogen and oxygen atoms in total. The number of ether oxygens (including phenoxy) is 1. The van der Waals surface area contributed by atoms with Crippen LogP contribution in [0.15, 0.2) is 24.3 Å². The number of hydrogen-bond acceptors (Lipinski definition) is 5. The van der Waals surface area contributed by atoms with Crippen LogP contribution in [0.4, 0.5) is 4.39 Å². The summed E-state index contributed by atoms with van der Waals surface area (Å²) in [5.41, 5.74) is 0.459. The smallest absolute Gasteiger partial charge is 0.326 e. The fourth-order valence-electron chi connectivity index (χ4n) is 2.66. The van der Waals surface area contributed by atoms with Crippen molar-refractivity contribution in [3.05, 3.63) is 35.6 Å². The molecule has 0 aromatic heterocycles. The Balaban J connectivity index is 2.91. The van der Waals surface area contributed by atoms with E-state index in [9.17, 15) is 28.7 Å². The zero-order valence-corrected chi connectivity index (χ0v) is 16.0. The second-order valence-electron chi connectivity index (χ2n) is 6.40. The summed E-state index contributed by atoms with van der Waals surface area (Å²) < 4.78 is 18.2. The molecule has 154 valence electrons. The number of halogens is 1. The van der Waals surface area contributed by atoms with Crippen LogP contribution in [0.5, 0.6) is 0 Å². The van der Waals surface area contributed by atoms with Crippen LogP contribution in [0.1, 0.15) is 32.8 Å². The van der Waals surface area contributed by atoms with E-state index in [1.807, 2.05) is 0 Å². The Morgan fingerprint density at radius 1 is 1.21 bits per heavy atom. The molecule has 1 aromatic rings. The molecule has 0 unspecified atom stereocenters. The zero-order chi connectivity index (χ0) is 21.3. The molecule has 0 saturated carbocycles. The molecule has 0 aliphatic heterocycles. The van der Waals surface area contributed by atoms with Gasteiger partial charge in [0.05, 0.1) is 13.0 Å². The van der Waals surface area contributed by atoms with Crippen molar-refractivity contribution in [2.24, 2.45) is 5.92 Å². The van der Waals surface area contributed by atoms with E-state index in [0.717, 1.165) is 0 Å². The largest absolute Gasteiger partial charge is 0.480 e. The summed E-state index contributed by atoms with van der Waals surface area (Å²) in [7, 11) is 0. The number of carbonyl (C=O) groups is 4. The fourth-order valence-corrected chi connectivity index (χ4v) is 2.66. The summed E-state index contributed by atoms with van der Waals surface area (Å²) in [6, 6.07) is 3.06. The molecule has 1 aromatic carbocycles. The summed E-state index contributed by atoms with van der Waals surface area (Å²) in [5.74, 6) is -4.38. The number of amides is 2. The van der Waals surface area contributed by atoms with Gasteiger partial charge in [-0.15, -0.1) is 0 Å². The molecule has 0 spiro atoms. The van der Waals surface area contributed by atoms with Gasteiger partial charge in [-0.25, -0.2) is 9.18 Å². The average molecular weight is 396 g/mol. The van der Waals surface area contributed by atoms with Crippen molar-refractivity contribution in [3.8, 4) is 0 Å². The van der Waals surface area contributed by atoms with Crippen LogP contribution < -0.4 is 10.6 Å². The normalized spacial score (nSPS) is 13.7. The Hall–Kier alpha value is -2.97. The van der Waals surface area contributed by atoms with Gasteiger partial charge in [-0.05, 0) is 30.5 Å². The molecular weight excluding hydrogens is 371 g/mol. The Morgan fingerprint density at radius 3 is 2.43 bits per heavy atom. The monoisotopic (exact) mass is 396 g/mol. The van der Waals surface area contributed by atoms with Gasteiger partial charge in [-0.1, -0.05) is 19.1 Å². The van der Waals surface area contributed by atoms with Crippen molar-refractivity contribution in [2.45, 2.75) is 45.7 Å². The number of nitrogens with one attached hydrogen (secondary N) is 2. The van der Waals surface area contributed by atoms with E-state index in [2.05, 4.69) is 10.6 Å². The first kappa shape index (κ1) is 23.1. The van der Waals surface area contributed by atoms with Crippen molar-refractivity contribution in [2.75, 3.05) is 6.61 Å². The molecule has 28 heavy (non-hydrogen) atoms. The second kappa shape index (κ2) is 11.0. The number of benzene rings is 1. The lowest BCUT2D eigenvalue weighted by molar-refractivity contribution is -0.147. The van der Waals surface area contributed by atoms with Crippen molar-refractivity contribution < 1.29 is 33.4 Å². The van der Waals surface area contributed by atoms with Crippen LogP contribution in [-0.2, 0) is 30.3 Å². The number of rotatable bonds is 10. The molecule has 9 heteroatoms. The van der Waals surface area contributed by atoms with Crippen LogP contribution >= 0.6 is 0 Å². The number of esters is 1. The molecule has 0 fully saturated rings. The maximum Gasteiger partial charge on any atom is 0.326 e. The number of hydrogen-bond donors (Lipinski definition) is 3. The van der Waals surface area contributed by atoms with Crippen LogP contribution in [0.25, 0.3) is 0 Å². The van der Waals surface area contributed by atoms with E-state index in [1.54, 1.807) is 13.0 Å². The summed E-state index contributed by atoms with van der Waals surface area (Å²) in [6.07, 6.45) is -0.221. The molecule has 1 rings (SSSR count). The average Bonchev–Trinajstić information content (AvgIpc) is 2.58. The van der Waals surface area contributed by atoms with Gasteiger partial charge in [0.25, 0.3) is 0 Å². The molecule has 0 heterocycles.